The smallest absolute Gasteiger partial charge is 0.265 e. The molecule has 1 saturated heterocycles. The molecule has 5 heteroatoms. The summed E-state index contributed by atoms with van der Waals surface area (Å²) in [4.78, 5) is 26.3. The van der Waals surface area contributed by atoms with Gasteiger partial charge >= 0.3 is 0 Å². The van der Waals surface area contributed by atoms with Crippen molar-refractivity contribution in [1.82, 2.24) is 10.3 Å². The summed E-state index contributed by atoms with van der Waals surface area (Å²) in [6, 6.07) is 0. The van der Waals surface area contributed by atoms with Crippen molar-refractivity contribution in [2.75, 3.05) is 33.7 Å². The standard InChI is InChI=1S/C23H45N3O2/c1-4-5-6-7-8-9-10-11-12-16-21-26(2,3)24-22(27)17-18-23(28)25-19-14-13-15-20-25/h4-21H2,1-3H3/p+1. The maximum atomic E-state index is 12.2. The lowest BCUT2D eigenvalue weighted by atomic mass is 10.1. The average molecular weight is 397 g/mol. The number of nitrogens with zero attached hydrogens (tertiary/aromatic N) is 2. The van der Waals surface area contributed by atoms with Crippen molar-refractivity contribution in [3.8, 4) is 0 Å². The molecule has 1 rings (SSSR count). The Morgan fingerprint density at radius 3 is 1.89 bits per heavy atom. The summed E-state index contributed by atoms with van der Waals surface area (Å²) < 4.78 is 0.508. The molecule has 0 bridgehead atoms. The van der Waals surface area contributed by atoms with Crippen molar-refractivity contribution in [3.63, 3.8) is 0 Å². The van der Waals surface area contributed by atoms with Gasteiger partial charge in [0.15, 0.2) is 0 Å². The first-order valence-corrected chi connectivity index (χ1v) is 11.9. The van der Waals surface area contributed by atoms with Gasteiger partial charge in [0.25, 0.3) is 5.91 Å². The first-order chi connectivity index (χ1) is 13.4. The SMILES string of the molecule is CCCCCCCCCCCC[N+](C)(C)NC(=O)CCC(=O)N1CCCCC1. The summed E-state index contributed by atoms with van der Waals surface area (Å²) in [5, 5.41) is 0. The third-order valence-corrected chi connectivity index (χ3v) is 5.77. The maximum Gasteiger partial charge on any atom is 0.265 e. The van der Waals surface area contributed by atoms with Crippen molar-refractivity contribution in [1.29, 1.82) is 0 Å². The minimum absolute atomic E-state index is 0.0116. The minimum Gasteiger partial charge on any atom is -0.343 e. The molecule has 28 heavy (non-hydrogen) atoms. The molecule has 0 spiro atoms. The molecule has 5 nitrogen and oxygen atoms in total. The summed E-state index contributed by atoms with van der Waals surface area (Å²) in [7, 11) is 4.08. The summed E-state index contributed by atoms with van der Waals surface area (Å²) in [6.45, 7) is 4.93. The third-order valence-electron chi connectivity index (χ3n) is 5.77. The van der Waals surface area contributed by atoms with Crippen LogP contribution < -0.4 is 5.43 Å². The van der Waals surface area contributed by atoms with Crippen LogP contribution in [0.3, 0.4) is 0 Å². The molecular weight excluding hydrogens is 350 g/mol. The molecule has 1 aliphatic heterocycles. The van der Waals surface area contributed by atoms with Crippen molar-refractivity contribution < 1.29 is 14.2 Å². The van der Waals surface area contributed by atoms with Gasteiger partial charge in [-0.3, -0.25) is 9.59 Å². The number of hydrogen-bond donors (Lipinski definition) is 1. The highest BCUT2D eigenvalue weighted by Crippen LogP contribution is 2.12. The number of unbranched alkanes of at least 4 members (excludes halogenated alkanes) is 9. The van der Waals surface area contributed by atoms with Crippen LogP contribution >= 0.6 is 0 Å². The van der Waals surface area contributed by atoms with Crippen LogP contribution in [-0.4, -0.2) is 55.0 Å². The number of carbonyl (C=O) groups excluding carboxylic acids is 2. The molecule has 0 unspecified atom stereocenters. The summed E-state index contributed by atoms with van der Waals surface area (Å²) in [5.41, 5.74) is 3.07. The second kappa shape index (κ2) is 14.8. The highest BCUT2D eigenvalue weighted by molar-refractivity contribution is 5.83. The predicted octanol–water partition coefficient (Wildman–Crippen LogP) is 4.81. The van der Waals surface area contributed by atoms with E-state index >= 15 is 0 Å². The number of likely N-dealkylation sites (tertiary alicyclic amines) is 1. The van der Waals surface area contributed by atoms with Gasteiger partial charge < -0.3 is 4.90 Å². The Morgan fingerprint density at radius 2 is 1.32 bits per heavy atom. The molecule has 2 amide bonds. The zero-order valence-corrected chi connectivity index (χ0v) is 18.9. The quantitative estimate of drug-likeness (QED) is 0.245. The first-order valence-electron chi connectivity index (χ1n) is 11.9. The van der Waals surface area contributed by atoms with Crippen LogP contribution in [0.1, 0.15) is 103 Å². The van der Waals surface area contributed by atoms with E-state index in [4.69, 9.17) is 0 Å². The molecule has 1 aliphatic rings. The number of piperidine rings is 1. The Balaban J connectivity index is 2.04. The van der Waals surface area contributed by atoms with Crippen LogP contribution in [0, 0.1) is 0 Å². The van der Waals surface area contributed by atoms with E-state index in [2.05, 4.69) is 12.3 Å². The van der Waals surface area contributed by atoms with E-state index in [1.165, 1.54) is 64.2 Å². The fraction of sp³-hybridized carbons (Fsp3) is 0.913. The molecule has 0 radical (unpaired) electrons. The van der Waals surface area contributed by atoms with E-state index in [-0.39, 0.29) is 11.8 Å². The minimum atomic E-state index is -0.0116. The fourth-order valence-electron chi connectivity index (χ4n) is 3.97. The second-order valence-electron chi connectivity index (χ2n) is 9.07. The van der Waals surface area contributed by atoms with Gasteiger partial charge in [0.05, 0.1) is 14.1 Å². The van der Waals surface area contributed by atoms with E-state index in [0.717, 1.165) is 38.9 Å². The van der Waals surface area contributed by atoms with Crippen LogP contribution in [0.2, 0.25) is 0 Å². The topological polar surface area (TPSA) is 49.4 Å². The normalized spacial score (nSPS) is 14.9. The molecule has 0 aromatic rings. The molecule has 0 aromatic carbocycles. The summed E-state index contributed by atoms with van der Waals surface area (Å²) in [6.07, 6.45) is 17.3. The van der Waals surface area contributed by atoms with Crippen LogP contribution in [0.5, 0.6) is 0 Å². The highest BCUT2D eigenvalue weighted by Gasteiger charge is 2.21. The first kappa shape index (κ1) is 24.9. The van der Waals surface area contributed by atoms with E-state index in [1.54, 1.807) is 0 Å². The molecule has 1 fully saturated rings. The molecule has 0 saturated carbocycles. The number of carbonyl (C=O) groups is 2. The molecular formula is C23H46N3O2+. The number of hydrogen-bond acceptors (Lipinski definition) is 2. The van der Waals surface area contributed by atoms with Gasteiger partial charge in [-0.25, -0.2) is 10.0 Å². The molecule has 1 N–H and O–H groups in total. The lowest BCUT2D eigenvalue weighted by Gasteiger charge is -2.29. The lowest BCUT2D eigenvalue weighted by Crippen LogP contribution is -2.55. The monoisotopic (exact) mass is 396 g/mol. The van der Waals surface area contributed by atoms with Crippen LogP contribution in [0.4, 0.5) is 0 Å². The largest absolute Gasteiger partial charge is 0.343 e. The van der Waals surface area contributed by atoms with Gasteiger partial charge in [-0.2, -0.15) is 0 Å². The van der Waals surface area contributed by atoms with Gasteiger partial charge in [0, 0.05) is 25.9 Å². The predicted molar refractivity (Wildman–Crippen MR) is 117 cm³/mol. The molecule has 164 valence electrons. The Morgan fingerprint density at radius 1 is 0.786 bits per heavy atom. The average Bonchev–Trinajstić information content (AvgIpc) is 2.68. The highest BCUT2D eigenvalue weighted by atomic mass is 16.2. The Labute approximate surface area is 173 Å². The van der Waals surface area contributed by atoms with Crippen molar-refractivity contribution in [2.24, 2.45) is 0 Å². The van der Waals surface area contributed by atoms with Crippen molar-refractivity contribution in [2.45, 2.75) is 103 Å². The Kier molecular flexibility index (Phi) is 13.2. The molecule has 0 aliphatic carbocycles. The zero-order chi connectivity index (χ0) is 20.7. The lowest BCUT2D eigenvalue weighted by molar-refractivity contribution is -0.925. The van der Waals surface area contributed by atoms with E-state index in [1.807, 2.05) is 19.0 Å². The van der Waals surface area contributed by atoms with Crippen molar-refractivity contribution >= 4 is 11.8 Å². The zero-order valence-electron chi connectivity index (χ0n) is 18.9. The van der Waals surface area contributed by atoms with Gasteiger partial charge in [0.1, 0.15) is 6.54 Å². The van der Waals surface area contributed by atoms with Gasteiger partial charge in [0.2, 0.25) is 5.91 Å². The number of amides is 2. The van der Waals surface area contributed by atoms with Gasteiger partial charge in [-0.15, -0.1) is 0 Å². The van der Waals surface area contributed by atoms with Gasteiger partial charge in [-0.1, -0.05) is 58.3 Å². The Hall–Kier alpha value is -1.10. The molecule has 0 atom stereocenters. The van der Waals surface area contributed by atoms with E-state index in [9.17, 15) is 9.59 Å². The van der Waals surface area contributed by atoms with Crippen molar-refractivity contribution in [3.05, 3.63) is 0 Å². The van der Waals surface area contributed by atoms with Crippen LogP contribution in [-0.2, 0) is 9.59 Å². The third kappa shape index (κ3) is 12.4. The molecule has 0 aromatic heterocycles. The van der Waals surface area contributed by atoms with Crippen LogP contribution in [0.15, 0.2) is 0 Å². The maximum absolute atomic E-state index is 12.2. The van der Waals surface area contributed by atoms with Gasteiger partial charge in [-0.05, 0) is 32.1 Å². The number of rotatable bonds is 15. The van der Waals surface area contributed by atoms with E-state index in [0.29, 0.717) is 17.4 Å². The summed E-state index contributed by atoms with van der Waals surface area (Å²) in [5.74, 6) is 0.122. The molecule has 1 heterocycles. The van der Waals surface area contributed by atoms with Crippen LogP contribution in [0.25, 0.3) is 0 Å². The number of nitrogens with one attached hydrogen (secondary N) is 1. The van der Waals surface area contributed by atoms with E-state index < -0.39 is 0 Å². The number of quaternary nitrogens is 1. The Bertz CT molecular complexity index is 432. The summed E-state index contributed by atoms with van der Waals surface area (Å²) >= 11 is 0. The second-order valence-corrected chi connectivity index (χ2v) is 9.07. The fourth-order valence-corrected chi connectivity index (χ4v) is 3.97.